The zero-order valence-corrected chi connectivity index (χ0v) is 18.1. The minimum atomic E-state index is -5.88. The lowest BCUT2D eigenvalue weighted by atomic mass is 9.98. The average Bonchev–Trinajstić information content (AvgIpc) is 2.55. The van der Waals surface area contributed by atoms with E-state index in [2.05, 4.69) is 4.18 Å². The van der Waals surface area contributed by atoms with E-state index in [4.69, 9.17) is 9.84 Å². The molecule has 10 heteroatoms. The first-order chi connectivity index (χ1) is 13.6. The maximum absolute atomic E-state index is 12.7. The van der Waals surface area contributed by atoms with Crippen LogP contribution in [0.5, 0.6) is 5.75 Å². The van der Waals surface area contributed by atoms with E-state index in [-0.39, 0.29) is 17.6 Å². The number of esters is 1. The third kappa shape index (κ3) is 7.49. The summed E-state index contributed by atoms with van der Waals surface area (Å²) in [6, 6.07) is 7.83. The molecule has 0 saturated heterocycles. The minimum Gasteiger partial charge on any atom is -0.466 e. The van der Waals surface area contributed by atoms with E-state index in [1.165, 1.54) is 12.1 Å². The molecule has 0 fully saturated rings. The second-order valence-corrected chi connectivity index (χ2v) is 8.90. The summed E-state index contributed by atoms with van der Waals surface area (Å²) in [7, 11) is -5.88. The van der Waals surface area contributed by atoms with E-state index in [0.717, 1.165) is 0 Å². The highest BCUT2D eigenvalue weighted by Gasteiger charge is 2.49. The van der Waals surface area contributed by atoms with Crippen molar-refractivity contribution in [2.45, 2.75) is 52.1 Å². The standard InChI is InChI=1S/C16H15F3O5S.C4H10O/c1-3-23-14(20)9-13-10(2)8-11-6-4-5-7-12(11)15(13)24-25(21,22)16(17,18)19;1-4(2,3)5/h4-8H,3,9H2,1-2H3;5H,1-3H3. The van der Waals surface area contributed by atoms with Crippen LogP contribution in [-0.2, 0) is 26.1 Å². The van der Waals surface area contributed by atoms with Crippen molar-refractivity contribution < 1.29 is 40.4 Å². The van der Waals surface area contributed by atoms with E-state index in [0.29, 0.717) is 10.9 Å². The molecule has 0 atom stereocenters. The van der Waals surface area contributed by atoms with Crippen LogP contribution < -0.4 is 4.18 Å². The largest absolute Gasteiger partial charge is 0.534 e. The van der Waals surface area contributed by atoms with Gasteiger partial charge in [0.25, 0.3) is 0 Å². The van der Waals surface area contributed by atoms with Crippen LogP contribution in [0.4, 0.5) is 13.2 Å². The van der Waals surface area contributed by atoms with Crippen LogP contribution in [0.1, 0.15) is 38.8 Å². The second-order valence-electron chi connectivity index (χ2n) is 7.36. The third-order valence-corrected chi connectivity index (χ3v) is 4.38. The van der Waals surface area contributed by atoms with Crippen LogP contribution in [-0.4, -0.2) is 37.2 Å². The quantitative estimate of drug-likeness (QED) is 0.416. The molecule has 1 N–H and O–H groups in total. The summed E-state index contributed by atoms with van der Waals surface area (Å²) < 4.78 is 70.4. The molecule has 0 aliphatic rings. The molecule has 0 aliphatic heterocycles. The number of aryl methyl sites for hydroxylation is 1. The predicted molar refractivity (Wildman–Crippen MR) is 107 cm³/mol. The Morgan fingerprint density at radius 1 is 1.13 bits per heavy atom. The molecule has 0 radical (unpaired) electrons. The first-order valence-corrected chi connectivity index (χ1v) is 10.4. The zero-order chi connectivity index (χ0) is 23.3. The lowest BCUT2D eigenvalue weighted by Gasteiger charge is -2.17. The fraction of sp³-hybridized carbons (Fsp3) is 0.450. The van der Waals surface area contributed by atoms with Crippen LogP contribution in [0.15, 0.2) is 30.3 Å². The molecule has 2 aromatic carbocycles. The van der Waals surface area contributed by atoms with Crippen molar-refractivity contribution in [3.63, 3.8) is 0 Å². The molecule has 2 rings (SSSR count). The highest BCUT2D eigenvalue weighted by Crippen LogP contribution is 2.37. The topological polar surface area (TPSA) is 89.9 Å². The van der Waals surface area contributed by atoms with Gasteiger partial charge in [-0.2, -0.15) is 21.6 Å². The highest BCUT2D eigenvalue weighted by atomic mass is 32.2. The fourth-order valence-corrected chi connectivity index (χ4v) is 2.82. The normalized spacial score (nSPS) is 12.2. The molecule has 0 bridgehead atoms. The summed E-state index contributed by atoms with van der Waals surface area (Å²) in [6.07, 6.45) is -0.410. The van der Waals surface area contributed by atoms with E-state index in [1.807, 2.05) is 0 Å². The van der Waals surface area contributed by atoms with Gasteiger partial charge in [0.15, 0.2) is 5.75 Å². The van der Waals surface area contributed by atoms with Crippen LogP contribution in [0.25, 0.3) is 10.8 Å². The van der Waals surface area contributed by atoms with E-state index in [1.54, 1.807) is 52.8 Å². The molecule has 0 saturated carbocycles. The molecule has 0 amide bonds. The van der Waals surface area contributed by atoms with Crippen molar-refractivity contribution in [2.24, 2.45) is 0 Å². The summed E-state index contributed by atoms with van der Waals surface area (Å²) >= 11 is 0. The van der Waals surface area contributed by atoms with Gasteiger partial charge < -0.3 is 14.0 Å². The minimum absolute atomic E-state index is 0.0324. The van der Waals surface area contributed by atoms with Crippen LogP contribution >= 0.6 is 0 Å². The van der Waals surface area contributed by atoms with Gasteiger partial charge in [-0.3, -0.25) is 4.79 Å². The van der Waals surface area contributed by atoms with Crippen molar-refractivity contribution in [1.29, 1.82) is 0 Å². The molecule has 2 aromatic rings. The van der Waals surface area contributed by atoms with Crippen molar-refractivity contribution in [3.8, 4) is 5.75 Å². The van der Waals surface area contributed by atoms with Crippen LogP contribution in [0, 0.1) is 6.92 Å². The van der Waals surface area contributed by atoms with Crippen molar-refractivity contribution in [1.82, 2.24) is 0 Å². The molecule has 0 spiro atoms. The Morgan fingerprint density at radius 3 is 2.17 bits per heavy atom. The number of ether oxygens (including phenoxy) is 1. The Labute approximate surface area is 173 Å². The maximum Gasteiger partial charge on any atom is 0.534 e. The molecule has 168 valence electrons. The number of carbonyl (C=O) groups excluding carboxylic acids is 1. The lowest BCUT2D eigenvalue weighted by molar-refractivity contribution is -0.142. The molecule has 0 aromatic heterocycles. The van der Waals surface area contributed by atoms with Gasteiger partial charge in [0, 0.05) is 10.9 Å². The predicted octanol–water partition coefficient (Wildman–Crippen LogP) is 4.26. The molecule has 0 heterocycles. The number of hydrogen-bond donors (Lipinski definition) is 1. The van der Waals surface area contributed by atoms with Gasteiger partial charge in [-0.05, 0) is 45.6 Å². The molecule has 0 unspecified atom stereocenters. The van der Waals surface area contributed by atoms with Gasteiger partial charge in [0.1, 0.15) is 0 Å². The van der Waals surface area contributed by atoms with Gasteiger partial charge in [-0.1, -0.05) is 30.3 Å². The summed E-state index contributed by atoms with van der Waals surface area (Å²) in [5, 5.41) is 9.16. The number of hydrogen-bond acceptors (Lipinski definition) is 6. The fourth-order valence-electron chi connectivity index (χ4n) is 2.32. The van der Waals surface area contributed by atoms with E-state index >= 15 is 0 Å². The molecule has 30 heavy (non-hydrogen) atoms. The summed E-state index contributed by atoms with van der Waals surface area (Å²) in [4.78, 5) is 11.8. The smallest absolute Gasteiger partial charge is 0.466 e. The number of fused-ring (bicyclic) bond motifs is 1. The number of aliphatic hydroxyl groups is 1. The van der Waals surface area contributed by atoms with Crippen molar-refractivity contribution in [2.75, 3.05) is 6.61 Å². The molecular weight excluding hydrogens is 425 g/mol. The van der Waals surface area contributed by atoms with Crippen LogP contribution in [0.2, 0.25) is 0 Å². The van der Waals surface area contributed by atoms with Crippen molar-refractivity contribution in [3.05, 3.63) is 41.5 Å². The average molecular weight is 450 g/mol. The van der Waals surface area contributed by atoms with Gasteiger partial charge in [0.2, 0.25) is 0 Å². The monoisotopic (exact) mass is 450 g/mol. The number of benzene rings is 2. The van der Waals surface area contributed by atoms with Crippen LogP contribution in [0.3, 0.4) is 0 Å². The van der Waals surface area contributed by atoms with Crippen molar-refractivity contribution >= 4 is 26.9 Å². The Morgan fingerprint density at radius 2 is 1.67 bits per heavy atom. The SMILES string of the molecule is CC(C)(C)O.CCOC(=O)Cc1c(C)cc2ccccc2c1OS(=O)(=O)C(F)(F)F. The van der Waals surface area contributed by atoms with E-state index < -0.39 is 39.4 Å². The molecule has 0 aliphatic carbocycles. The second kappa shape index (κ2) is 9.65. The summed E-state index contributed by atoms with van der Waals surface area (Å²) in [6.45, 7) is 8.44. The molecular formula is C20H25F3O6S. The van der Waals surface area contributed by atoms with E-state index in [9.17, 15) is 26.4 Å². The first-order valence-electron chi connectivity index (χ1n) is 8.96. The first kappa shape index (κ1) is 25.7. The number of carbonyl (C=O) groups is 1. The number of rotatable bonds is 5. The van der Waals surface area contributed by atoms with Gasteiger partial charge in [0.05, 0.1) is 18.6 Å². The van der Waals surface area contributed by atoms with Gasteiger partial charge in [-0.15, -0.1) is 0 Å². The summed E-state index contributed by atoms with van der Waals surface area (Å²) in [5.41, 5.74) is -5.64. The Balaban J connectivity index is 0.000000804. The molecule has 6 nitrogen and oxygen atoms in total. The third-order valence-electron chi connectivity index (χ3n) is 3.43. The number of alkyl halides is 3. The highest BCUT2D eigenvalue weighted by molar-refractivity contribution is 7.88. The maximum atomic E-state index is 12.7. The van der Waals surface area contributed by atoms with Gasteiger partial charge in [-0.25, -0.2) is 0 Å². The zero-order valence-electron chi connectivity index (χ0n) is 17.3. The number of halogens is 3. The summed E-state index contributed by atoms with van der Waals surface area (Å²) in [5.74, 6) is -1.21. The Kier molecular flexibility index (Phi) is 8.27. The Bertz CT molecular complexity index is 986. The Hall–Kier alpha value is -2.33. The van der Waals surface area contributed by atoms with Gasteiger partial charge >= 0.3 is 21.6 Å². The lowest BCUT2D eigenvalue weighted by Crippen LogP contribution is -2.28.